The standard InChI is InChI=1S/C12H14N2O2/c1-14-8-7-10(13-11(15)12(14)16)9-5-3-2-4-6-9/h2-6,11,15H,7-8H2,1H3. The zero-order valence-corrected chi connectivity index (χ0v) is 9.13. The molecule has 1 aromatic carbocycles. The molecule has 0 saturated carbocycles. The van der Waals surface area contributed by atoms with Crippen LogP contribution in [0.15, 0.2) is 35.3 Å². The molecule has 0 fully saturated rings. The fourth-order valence-corrected chi connectivity index (χ4v) is 1.70. The Morgan fingerprint density at radius 3 is 2.75 bits per heavy atom. The summed E-state index contributed by atoms with van der Waals surface area (Å²) in [6, 6.07) is 9.62. The van der Waals surface area contributed by atoms with Gasteiger partial charge in [0.25, 0.3) is 5.91 Å². The van der Waals surface area contributed by atoms with Crippen molar-refractivity contribution in [2.75, 3.05) is 13.6 Å². The summed E-state index contributed by atoms with van der Waals surface area (Å²) in [6.07, 6.45) is -0.591. The molecule has 1 aliphatic rings. The van der Waals surface area contributed by atoms with Crippen molar-refractivity contribution < 1.29 is 9.90 Å². The highest BCUT2D eigenvalue weighted by Gasteiger charge is 2.23. The monoisotopic (exact) mass is 218 g/mol. The van der Waals surface area contributed by atoms with Gasteiger partial charge in [-0.25, -0.2) is 4.99 Å². The van der Waals surface area contributed by atoms with Crippen molar-refractivity contribution >= 4 is 11.6 Å². The number of hydrogen-bond donors (Lipinski definition) is 1. The van der Waals surface area contributed by atoms with Crippen LogP contribution in [0.25, 0.3) is 0 Å². The summed E-state index contributed by atoms with van der Waals surface area (Å²) < 4.78 is 0. The third kappa shape index (κ3) is 2.12. The fourth-order valence-electron chi connectivity index (χ4n) is 1.70. The van der Waals surface area contributed by atoms with Crippen molar-refractivity contribution in [2.45, 2.75) is 12.6 Å². The lowest BCUT2D eigenvalue weighted by Crippen LogP contribution is -2.34. The SMILES string of the molecule is CN1CCC(c2ccccc2)=NC(O)C1=O. The first-order valence-corrected chi connectivity index (χ1v) is 5.23. The molecule has 0 bridgehead atoms. The highest BCUT2D eigenvalue weighted by molar-refractivity contribution is 6.02. The first kappa shape index (κ1) is 10.8. The summed E-state index contributed by atoms with van der Waals surface area (Å²) in [4.78, 5) is 17.1. The quantitative estimate of drug-likeness (QED) is 0.752. The van der Waals surface area contributed by atoms with Gasteiger partial charge in [0, 0.05) is 25.7 Å². The lowest BCUT2D eigenvalue weighted by atomic mass is 10.1. The Morgan fingerprint density at radius 2 is 2.06 bits per heavy atom. The average Bonchev–Trinajstić information content (AvgIpc) is 2.44. The van der Waals surface area contributed by atoms with Crippen LogP contribution in [0.5, 0.6) is 0 Å². The van der Waals surface area contributed by atoms with Crippen molar-refractivity contribution in [3.63, 3.8) is 0 Å². The molecule has 4 nitrogen and oxygen atoms in total. The van der Waals surface area contributed by atoms with Gasteiger partial charge in [-0.05, 0) is 5.56 Å². The van der Waals surface area contributed by atoms with E-state index in [-0.39, 0.29) is 5.91 Å². The molecule has 1 aliphatic heterocycles. The zero-order valence-electron chi connectivity index (χ0n) is 9.13. The number of hydrogen-bond acceptors (Lipinski definition) is 3. The smallest absolute Gasteiger partial charge is 0.274 e. The second-order valence-corrected chi connectivity index (χ2v) is 3.83. The summed E-state index contributed by atoms with van der Waals surface area (Å²) in [5.74, 6) is -0.342. The highest BCUT2D eigenvalue weighted by atomic mass is 16.3. The maximum absolute atomic E-state index is 11.5. The number of aliphatic imine (C=N–C) groups is 1. The Bertz CT molecular complexity index is 414. The number of carbonyl (C=O) groups is 1. The zero-order chi connectivity index (χ0) is 11.5. The molecule has 1 unspecified atom stereocenters. The third-order valence-corrected chi connectivity index (χ3v) is 2.67. The molecule has 1 aromatic rings. The van der Waals surface area contributed by atoms with Crippen LogP contribution in [0.2, 0.25) is 0 Å². The Balaban J connectivity index is 2.29. The molecular weight excluding hydrogens is 204 g/mol. The van der Waals surface area contributed by atoms with Crippen LogP contribution in [-0.2, 0) is 4.79 Å². The predicted molar refractivity (Wildman–Crippen MR) is 61.2 cm³/mol. The van der Waals surface area contributed by atoms with E-state index in [0.29, 0.717) is 13.0 Å². The lowest BCUT2D eigenvalue weighted by Gasteiger charge is -2.14. The first-order valence-electron chi connectivity index (χ1n) is 5.23. The molecule has 1 amide bonds. The Morgan fingerprint density at radius 1 is 1.38 bits per heavy atom. The van der Waals surface area contributed by atoms with Gasteiger partial charge in [-0.3, -0.25) is 4.79 Å². The topological polar surface area (TPSA) is 52.9 Å². The number of aliphatic hydroxyl groups excluding tert-OH is 1. The van der Waals surface area contributed by atoms with Gasteiger partial charge in [-0.15, -0.1) is 0 Å². The number of rotatable bonds is 1. The minimum absolute atomic E-state index is 0.342. The number of amides is 1. The van der Waals surface area contributed by atoms with Crippen molar-refractivity contribution in [1.29, 1.82) is 0 Å². The van der Waals surface area contributed by atoms with E-state index in [1.54, 1.807) is 7.05 Å². The molecule has 0 saturated heterocycles. The first-order chi connectivity index (χ1) is 7.68. The van der Waals surface area contributed by atoms with E-state index < -0.39 is 6.23 Å². The molecular formula is C12H14N2O2. The molecule has 0 radical (unpaired) electrons. The van der Waals surface area contributed by atoms with E-state index in [9.17, 15) is 9.90 Å². The van der Waals surface area contributed by atoms with Gasteiger partial charge in [0.1, 0.15) is 0 Å². The number of aliphatic hydroxyl groups is 1. The fraction of sp³-hybridized carbons (Fsp3) is 0.333. The van der Waals surface area contributed by atoms with Gasteiger partial charge in [0.15, 0.2) is 0 Å². The summed E-state index contributed by atoms with van der Waals surface area (Å²) in [7, 11) is 1.68. The molecule has 84 valence electrons. The number of benzene rings is 1. The molecule has 1 atom stereocenters. The maximum Gasteiger partial charge on any atom is 0.274 e. The lowest BCUT2D eigenvalue weighted by molar-refractivity contribution is -0.137. The summed E-state index contributed by atoms with van der Waals surface area (Å²) in [5, 5.41) is 9.58. The summed E-state index contributed by atoms with van der Waals surface area (Å²) in [6.45, 7) is 0.587. The van der Waals surface area contributed by atoms with Gasteiger partial charge in [-0.2, -0.15) is 0 Å². The molecule has 2 rings (SSSR count). The van der Waals surface area contributed by atoms with Crippen LogP contribution in [0.4, 0.5) is 0 Å². The normalized spacial score (nSPS) is 21.6. The van der Waals surface area contributed by atoms with Gasteiger partial charge in [0.2, 0.25) is 6.23 Å². The third-order valence-electron chi connectivity index (χ3n) is 2.67. The van der Waals surface area contributed by atoms with Gasteiger partial charge < -0.3 is 10.0 Å². The Hall–Kier alpha value is -1.68. The van der Waals surface area contributed by atoms with E-state index in [1.807, 2.05) is 30.3 Å². The van der Waals surface area contributed by atoms with Crippen molar-refractivity contribution in [2.24, 2.45) is 4.99 Å². The average molecular weight is 218 g/mol. The van der Waals surface area contributed by atoms with Crippen molar-refractivity contribution in [1.82, 2.24) is 4.90 Å². The Kier molecular flexibility index (Phi) is 3.01. The van der Waals surface area contributed by atoms with E-state index in [0.717, 1.165) is 11.3 Å². The van der Waals surface area contributed by atoms with Gasteiger partial charge >= 0.3 is 0 Å². The Labute approximate surface area is 94.2 Å². The summed E-state index contributed by atoms with van der Waals surface area (Å²) in [5.41, 5.74) is 1.75. The largest absolute Gasteiger partial charge is 0.364 e. The van der Waals surface area contributed by atoms with Gasteiger partial charge in [0.05, 0.1) is 0 Å². The molecule has 0 spiro atoms. The van der Waals surface area contributed by atoms with Gasteiger partial charge in [-0.1, -0.05) is 30.3 Å². The van der Waals surface area contributed by atoms with E-state index in [1.165, 1.54) is 4.90 Å². The van der Waals surface area contributed by atoms with Crippen LogP contribution in [0.1, 0.15) is 12.0 Å². The molecule has 16 heavy (non-hydrogen) atoms. The molecule has 0 aliphatic carbocycles. The van der Waals surface area contributed by atoms with Crippen LogP contribution >= 0.6 is 0 Å². The van der Waals surface area contributed by atoms with Crippen LogP contribution in [0.3, 0.4) is 0 Å². The van der Waals surface area contributed by atoms with Crippen molar-refractivity contribution in [3.8, 4) is 0 Å². The maximum atomic E-state index is 11.5. The predicted octanol–water partition coefficient (Wildman–Crippen LogP) is 0.656. The van der Waals surface area contributed by atoms with E-state index in [2.05, 4.69) is 4.99 Å². The highest BCUT2D eigenvalue weighted by Crippen LogP contribution is 2.11. The second-order valence-electron chi connectivity index (χ2n) is 3.83. The summed E-state index contributed by atoms with van der Waals surface area (Å²) >= 11 is 0. The van der Waals surface area contributed by atoms with E-state index in [4.69, 9.17) is 0 Å². The second kappa shape index (κ2) is 4.45. The number of likely N-dealkylation sites (N-methyl/N-ethyl adjacent to an activating group) is 1. The minimum Gasteiger partial charge on any atom is -0.364 e. The minimum atomic E-state index is -1.26. The molecule has 4 heteroatoms. The molecule has 1 heterocycles. The van der Waals surface area contributed by atoms with Crippen LogP contribution in [0, 0.1) is 0 Å². The molecule has 1 N–H and O–H groups in total. The molecule has 0 aromatic heterocycles. The van der Waals surface area contributed by atoms with Crippen LogP contribution in [-0.4, -0.2) is 41.4 Å². The van der Waals surface area contributed by atoms with E-state index >= 15 is 0 Å². The van der Waals surface area contributed by atoms with Crippen LogP contribution < -0.4 is 0 Å². The number of nitrogens with zero attached hydrogens (tertiary/aromatic N) is 2. The number of carbonyl (C=O) groups excluding carboxylic acids is 1. The van der Waals surface area contributed by atoms with Crippen molar-refractivity contribution in [3.05, 3.63) is 35.9 Å².